The predicted octanol–water partition coefficient (Wildman–Crippen LogP) is 0.0501. The minimum absolute atomic E-state index is 0.110. The van der Waals surface area contributed by atoms with Crippen molar-refractivity contribution >= 4 is 13.8 Å². The van der Waals surface area contributed by atoms with E-state index < -0.39 is 13.8 Å². The molecule has 0 bridgehead atoms. The molecule has 10 heteroatoms. The number of aliphatic carboxylic acids is 1. The Morgan fingerprint density at radius 2 is 1.82 bits per heavy atom. The number of hydrogen-bond acceptors (Lipinski definition) is 5. The molecule has 0 fully saturated rings. The van der Waals surface area contributed by atoms with E-state index in [-0.39, 0.29) is 23.8 Å². The first-order valence-electron chi connectivity index (χ1n) is 6.90. The van der Waals surface area contributed by atoms with E-state index in [9.17, 15) is 4.79 Å². The van der Waals surface area contributed by atoms with Gasteiger partial charge in [-0.1, -0.05) is 13.8 Å². The van der Waals surface area contributed by atoms with E-state index in [1.54, 1.807) is 0 Å². The summed E-state index contributed by atoms with van der Waals surface area (Å²) in [6, 6.07) is -0.187. The second-order valence-electron chi connectivity index (χ2n) is 5.02. The quantitative estimate of drug-likeness (QED) is 0.377. The standard InChI is InChI=1S/C12H22N2O3.H3O4P/c1-3-8(4-2)17-10-6-7(13)5-9(11(10)14)12(15)16;1-5(2,3)4/h7-8,10H,3-6,13-14H2,1-2H3,(H,15,16);(H3,1,2,3,4). The molecule has 0 saturated heterocycles. The maximum Gasteiger partial charge on any atom is 0.466 e. The zero-order valence-electron chi connectivity index (χ0n) is 12.7. The Hall–Kier alpha value is -0.960. The van der Waals surface area contributed by atoms with E-state index in [2.05, 4.69) is 0 Å². The van der Waals surface area contributed by atoms with Crippen molar-refractivity contribution in [3.8, 4) is 0 Å². The maximum absolute atomic E-state index is 11.0. The summed E-state index contributed by atoms with van der Waals surface area (Å²) in [7, 11) is -4.64. The smallest absolute Gasteiger partial charge is 0.466 e. The fraction of sp³-hybridized carbons (Fsp3) is 0.750. The molecule has 2 unspecified atom stereocenters. The Balaban J connectivity index is 0.000000763. The van der Waals surface area contributed by atoms with Crippen LogP contribution in [0.4, 0.5) is 0 Å². The number of nitrogens with two attached hydrogens (primary N) is 2. The van der Waals surface area contributed by atoms with Crippen LogP contribution in [0.3, 0.4) is 0 Å². The fourth-order valence-corrected chi connectivity index (χ4v) is 2.11. The highest BCUT2D eigenvalue weighted by Gasteiger charge is 2.30. The van der Waals surface area contributed by atoms with Gasteiger partial charge in [-0.05, 0) is 25.7 Å². The van der Waals surface area contributed by atoms with E-state index >= 15 is 0 Å². The molecule has 0 aromatic rings. The number of carboxylic acids is 1. The normalized spacial score (nSPS) is 22.3. The summed E-state index contributed by atoms with van der Waals surface area (Å²) in [5, 5.41) is 9.04. The zero-order valence-corrected chi connectivity index (χ0v) is 13.6. The molecule has 2 atom stereocenters. The number of phosphoric acid groups is 1. The van der Waals surface area contributed by atoms with Crippen LogP contribution in [-0.2, 0) is 14.1 Å². The van der Waals surface area contributed by atoms with Gasteiger partial charge >= 0.3 is 13.8 Å². The predicted molar refractivity (Wildman–Crippen MR) is 79.6 cm³/mol. The van der Waals surface area contributed by atoms with Crippen LogP contribution in [0.15, 0.2) is 11.3 Å². The number of carboxylic acid groups (broad SMARTS) is 1. The second-order valence-corrected chi connectivity index (χ2v) is 6.04. The van der Waals surface area contributed by atoms with Crippen LogP contribution in [0, 0.1) is 0 Å². The fourth-order valence-electron chi connectivity index (χ4n) is 2.11. The van der Waals surface area contributed by atoms with Crippen molar-refractivity contribution in [2.45, 2.75) is 57.8 Å². The molecule has 1 rings (SSSR count). The average molecular weight is 340 g/mol. The first-order chi connectivity index (χ1) is 9.99. The van der Waals surface area contributed by atoms with Crippen LogP contribution >= 0.6 is 7.82 Å². The third kappa shape index (κ3) is 8.47. The lowest BCUT2D eigenvalue weighted by Gasteiger charge is -2.31. The molecule has 0 saturated carbocycles. The van der Waals surface area contributed by atoms with Gasteiger partial charge in [0.15, 0.2) is 0 Å². The summed E-state index contributed by atoms with van der Waals surface area (Å²) >= 11 is 0. The molecule has 0 heterocycles. The molecule has 0 amide bonds. The minimum atomic E-state index is -4.64. The van der Waals surface area contributed by atoms with Crippen molar-refractivity contribution in [3.63, 3.8) is 0 Å². The van der Waals surface area contributed by atoms with Gasteiger partial charge in [-0.15, -0.1) is 0 Å². The molecule has 0 radical (unpaired) electrons. The second kappa shape index (κ2) is 9.24. The number of carbonyl (C=O) groups is 1. The Morgan fingerprint density at radius 1 is 1.36 bits per heavy atom. The monoisotopic (exact) mass is 340 g/mol. The summed E-state index contributed by atoms with van der Waals surface area (Å²) in [6.45, 7) is 4.07. The highest BCUT2D eigenvalue weighted by atomic mass is 31.2. The van der Waals surface area contributed by atoms with Gasteiger partial charge in [0.2, 0.25) is 0 Å². The molecule has 0 aromatic heterocycles. The van der Waals surface area contributed by atoms with E-state index in [1.165, 1.54) is 0 Å². The van der Waals surface area contributed by atoms with Crippen LogP contribution < -0.4 is 11.5 Å². The molecule has 130 valence electrons. The summed E-state index contributed by atoms with van der Waals surface area (Å²) in [4.78, 5) is 32.6. The van der Waals surface area contributed by atoms with E-state index in [4.69, 9.17) is 40.6 Å². The summed E-state index contributed by atoms with van der Waals surface area (Å²) < 4.78 is 14.7. The van der Waals surface area contributed by atoms with Crippen molar-refractivity contribution in [2.24, 2.45) is 11.5 Å². The van der Waals surface area contributed by atoms with Crippen LogP contribution in [0.2, 0.25) is 0 Å². The van der Waals surface area contributed by atoms with Crippen LogP contribution in [0.25, 0.3) is 0 Å². The molecule has 0 aliphatic heterocycles. The van der Waals surface area contributed by atoms with Crippen molar-refractivity contribution in [3.05, 3.63) is 11.3 Å². The van der Waals surface area contributed by atoms with Crippen LogP contribution in [0.1, 0.15) is 39.5 Å². The van der Waals surface area contributed by atoms with E-state index in [1.807, 2.05) is 13.8 Å². The highest BCUT2D eigenvalue weighted by Crippen LogP contribution is 2.26. The molecule has 0 aromatic carbocycles. The molecule has 1 aliphatic rings. The van der Waals surface area contributed by atoms with Gasteiger partial charge in [0.1, 0.15) is 0 Å². The Kier molecular flexibility index (Phi) is 8.84. The molecule has 0 spiro atoms. The molecule has 8 N–H and O–H groups in total. The number of rotatable bonds is 5. The first-order valence-corrected chi connectivity index (χ1v) is 8.47. The van der Waals surface area contributed by atoms with Crippen molar-refractivity contribution < 1.29 is 33.9 Å². The topological polar surface area (TPSA) is 176 Å². The van der Waals surface area contributed by atoms with Crippen molar-refractivity contribution in [2.75, 3.05) is 0 Å². The van der Waals surface area contributed by atoms with Gasteiger partial charge in [0.25, 0.3) is 0 Å². The molecular formula is C12H25N2O7P. The Bertz CT molecular complexity index is 436. The Morgan fingerprint density at radius 3 is 2.18 bits per heavy atom. The van der Waals surface area contributed by atoms with Gasteiger partial charge in [-0.3, -0.25) is 0 Å². The maximum atomic E-state index is 11.0. The van der Waals surface area contributed by atoms with Gasteiger partial charge in [0, 0.05) is 11.7 Å². The Labute approximate surface area is 129 Å². The van der Waals surface area contributed by atoms with Gasteiger partial charge < -0.3 is 36.0 Å². The lowest BCUT2D eigenvalue weighted by molar-refractivity contribution is -0.133. The van der Waals surface area contributed by atoms with Crippen LogP contribution in [0.5, 0.6) is 0 Å². The summed E-state index contributed by atoms with van der Waals surface area (Å²) in [5.41, 5.74) is 12.3. The lowest BCUT2D eigenvalue weighted by Crippen LogP contribution is -2.40. The molecule has 1 aliphatic carbocycles. The van der Waals surface area contributed by atoms with Gasteiger partial charge in [-0.25, -0.2) is 9.36 Å². The van der Waals surface area contributed by atoms with Gasteiger partial charge in [0.05, 0.1) is 17.8 Å². The zero-order chi connectivity index (χ0) is 17.5. The van der Waals surface area contributed by atoms with Crippen molar-refractivity contribution in [1.82, 2.24) is 0 Å². The number of hydrogen-bond donors (Lipinski definition) is 6. The molecule has 9 nitrogen and oxygen atoms in total. The molecule has 22 heavy (non-hydrogen) atoms. The SMILES string of the molecule is CCC(CC)OC1CC(N)CC(C(=O)O)=C1N.O=P(O)(O)O. The van der Waals surface area contributed by atoms with E-state index in [0.717, 1.165) is 12.8 Å². The summed E-state index contributed by atoms with van der Waals surface area (Å²) in [5.74, 6) is -0.990. The van der Waals surface area contributed by atoms with E-state index in [0.29, 0.717) is 18.5 Å². The minimum Gasteiger partial charge on any atom is -0.478 e. The van der Waals surface area contributed by atoms with Gasteiger partial charge in [-0.2, -0.15) is 0 Å². The highest BCUT2D eigenvalue weighted by molar-refractivity contribution is 7.45. The lowest BCUT2D eigenvalue weighted by atomic mass is 9.90. The van der Waals surface area contributed by atoms with Crippen molar-refractivity contribution in [1.29, 1.82) is 0 Å². The largest absolute Gasteiger partial charge is 0.478 e. The summed E-state index contributed by atoms with van der Waals surface area (Å²) in [6.07, 6.45) is 2.45. The average Bonchev–Trinajstić information content (AvgIpc) is 2.37. The first kappa shape index (κ1) is 21.0. The third-order valence-electron chi connectivity index (χ3n) is 3.20. The third-order valence-corrected chi connectivity index (χ3v) is 3.20. The molecular weight excluding hydrogens is 315 g/mol. The number of ether oxygens (including phenoxy) is 1. The van der Waals surface area contributed by atoms with Crippen LogP contribution in [-0.4, -0.2) is 44.0 Å².